The van der Waals surface area contributed by atoms with Gasteiger partial charge in [0.25, 0.3) is 0 Å². The highest BCUT2D eigenvalue weighted by Gasteiger charge is 2.19. The van der Waals surface area contributed by atoms with E-state index in [4.69, 9.17) is 13.8 Å². The molecule has 0 aliphatic heterocycles. The number of aldehydes is 1. The minimum absolute atomic E-state index is 0.270. The summed E-state index contributed by atoms with van der Waals surface area (Å²) >= 11 is 0. The van der Waals surface area contributed by atoms with Crippen LogP contribution < -0.4 is 4.74 Å². The fraction of sp³-hybridized carbons (Fsp3) is 0.743. The highest BCUT2D eigenvalue weighted by atomic mass is 31.2. The minimum Gasteiger partial charge on any atom is -0.494 e. The van der Waals surface area contributed by atoms with E-state index >= 15 is 0 Å². The molecule has 0 saturated heterocycles. The maximum atomic E-state index is 12.0. The van der Waals surface area contributed by atoms with Gasteiger partial charge in [0.05, 0.1) is 19.8 Å². The molecule has 1 aromatic carbocycles. The average Bonchev–Trinajstić information content (AvgIpc) is 2.99. The van der Waals surface area contributed by atoms with Gasteiger partial charge in [-0.25, -0.2) is 4.57 Å². The number of carbonyl (C=O) groups excluding carboxylic acids is 1. The number of hydrogen-bond acceptors (Lipinski definition) is 5. The van der Waals surface area contributed by atoms with Crippen molar-refractivity contribution in [3.05, 3.63) is 42.0 Å². The van der Waals surface area contributed by atoms with Gasteiger partial charge in [-0.05, 0) is 69.2 Å². The van der Waals surface area contributed by atoms with Crippen molar-refractivity contribution in [2.75, 3.05) is 19.8 Å². The van der Waals surface area contributed by atoms with Gasteiger partial charge in [0, 0.05) is 5.56 Å². The quantitative estimate of drug-likeness (QED) is 0.0391. The number of unbranched alkanes of at least 4 members (excludes halogenated alkanes) is 19. The summed E-state index contributed by atoms with van der Waals surface area (Å²) in [4.78, 5) is 20.5. The fourth-order valence-corrected chi connectivity index (χ4v) is 5.64. The number of phosphoric ester groups is 1. The van der Waals surface area contributed by atoms with Gasteiger partial charge in [-0.2, -0.15) is 0 Å². The van der Waals surface area contributed by atoms with Gasteiger partial charge in [0.2, 0.25) is 0 Å². The lowest BCUT2D eigenvalue weighted by molar-refractivity contribution is 0.112. The molecule has 0 heterocycles. The van der Waals surface area contributed by atoms with E-state index in [0.29, 0.717) is 12.2 Å². The van der Waals surface area contributed by atoms with Gasteiger partial charge in [0.15, 0.2) is 0 Å². The van der Waals surface area contributed by atoms with Crippen LogP contribution in [0.25, 0.3) is 0 Å². The molecule has 0 fully saturated rings. The summed E-state index contributed by atoms with van der Waals surface area (Å²) in [5.41, 5.74) is 0.659. The van der Waals surface area contributed by atoms with Crippen LogP contribution in [0.1, 0.15) is 159 Å². The van der Waals surface area contributed by atoms with E-state index in [1.807, 2.05) is 12.1 Å². The summed E-state index contributed by atoms with van der Waals surface area (Å²) in [6.07, 6.45) is 31.4. The van der Waals surface area contributed by atoms with Crippen LogP contribution in [-0.2, 0) is 13.6 Å². The highest BCUT2D eigenvalue weighted by molar-refractivity contribution is 7.47. The standard InChI is InChI=1S/C35H61O6P/c1-2-3-4-5-6-7-8-9-10-11-12-13-14-18-21-24-31-40-42(37,38)41-32-25-22-19-16-15-17-20-23-30-39-35-28-26-34(33-36)27-29-35/h9-10,26-29,33H,2-8,11-25,30-32H2,1H3,(H,37,38)/b10-9-. The van der Waals surface area contributed by atoms with Crippen LogP contribution in [0.3, 0.4) is 0 Å². The SMILES string of the molecule is CCCCCCCC/C=C\CCCCCCCCOP(=O)(O)OCCCCCCCCCCOc1ccc(C=O)cc1. The molecule has 0 saturated carbocycles. The van der Waals surface area contributed by atoms with Crippen LogP contribution in [0.15, 0.2) is 36.4 Å². The second kappa shape index (κ2) is 28.3. The lowest BCUT2D eigenvalue weighted by Gasteiger charge is -2.12. The predicted octanol–water partition coefficient (Wildman–Crippen LogP) is 11.2. The molecular formula is C35H61O6P. The number of benzene rings is 1. The van der Waals surface area contributed by atoms with E-state index in [0.717, 1.165) is 69.8 Å². The molecule has 1 atom stereocenters. The molecular weight excluding hydrogens is 547 g/mol. The van der Waals surface area contributed by atoms with Gasteiger partial charge in [-0.3, -0.25) is 13.8 Å². The van der Waals surface area contributed by atoms with Crippen LogP contribution in [-0.4, -0.2) is 31.0 Å². The minimum atomic E-state index is -3.92. The Bertz CT molecular complexity index is 810. The van der Waals surface area contributed by atoms with Gasteiger partial charge in [0.1, 0.15) is 12.0 Å². The van der Waals surface area contributed by atoms with Crippen molar-refractivity contribution in [3.63, 3.8) is 0 Å². The van der Waals surface area contributed by atoms with Crippen molar-refractivity contribution in [2.24, 2.45) is 0 Å². The zero-order valence-electron chi connectivity index (χ0n) is 26.7. The molecule has 0 bridgehead atoms. The van der Waals surface area contributed by atoms with E-state index in [2.05, 4.69) is 19.1 Å². The van der Waals surface area contributed by atoms with Gasteiger partial charge < -0.3 is 9.63 Å². The Balaban J connectivity index is 1.80. The van der Waals surface area contributed by atoms with Gasteiger partial charge in [-0.1, -0.05) is 115 Å². The molecule has 7 heteroatoms. The molecule has 42 heavy (non-hydrogen) atoms. The molecule has 0 spiro atoms. The summed E-state index contributed by atoms with van der Waals surface area (Å²) < 4.78 is 28.0. The average molecular weight is 609 g/mol. The monoisotopic (exact) mass is 608 g/mol. The van der Waals surface area contributed by atoms with E-state index in [-0.39, 0.29) is 13.2 Å². The lowest BCUT2D eigenvalue weighted by atomic mass is 10.1. The van der Waals surface area contributed by atoms with Crippen molar-refractivity contribution in [2.45, 2.75) is 148 Å². The molecule has 1 aromatic rings. The van der Waals surface area contributed by atoms with Gasteiger partial charge >= 0.3 is 7.82 Å². The Morgan fingerprint density at radius 1 is 0.595 bits per heavy atom. The van der Waals surface area contributed by atoms with E-state index in [1.165, 1.54) is 83.5 Å². The number of ether oxygens (including phenoxy) is 1. The smallest absolute Gasteiger partial charge is 0.472 e. The third-order valence-corrected chi connectivity index (χ3v) is 8.51. The summed E-state index contributed by atoms with van der Waals surface area (Å²) in [6.45, 7) is 3.51. The first-order chi connectivity index (χ1) is 20.6. The van der Waals surface area contributed by atoms with Crippen LogP contribution >= 0.6 is 7.82 Å². The maximum absolute atomic E-state index is 12.0. The zero-order valence-corrected chi connectivity index (χ0v) is 27.5. The molecule has 0 aliphatic rings. The van der Waals surface area contributed by atoms with Crippen LogP contribution in [0, 0.1) is 0 Å². The van der Waals surface area contributed by atoms with Crippen molar-refractivity contribution in [3.8, 4) is 5.75 Å². The van der Waals surface area contributed by atoms with Crippen LogP contribution in [0.5, 0.6) is 5.75 Å². The Morgan fingerprint density at radius 2 is 1.00 bits per heavy atom. The largest absolute Gasteiger partial charge is 0.494 e. The van der Waals surface area contributed by atoms with E-state index in [1.54, 1.807) is 12.1 Å². The maximum Gasteiger partial charge on any atom is 0.472 e. The van der Waals surface area contributed by atoms with Gasteiger partial charge in [-0.15, -0.1) is 0 Å². The molecule has 0 aliphatic carbocycles. The molecule has 0 aromatic heterocycles. The van der Waals surface area contributed by atoms with E-state index in [9.17, 15) is 14.3 Å². The number of carbonyl (C=O) groups is 1. The topological polar surface area (TPSA) is 82.1 Å². The summed E-state index contributed by atoms with van der Waals surface area (Å²) in [7, 11) is -3.92. The number of hydrogen-bond donors (Lipinski definition) is 1. The molecule has 1 unspecified atom stereocenters. The molecule has 1 N–H and O–H groups in total. The van der Waals surface area contributed by atoms with Crippen LogP contribution in [0.2, 0.25) is 0 Å². The Labute approximate surface area is 257 Å². The predicted molar refractivity (Wildman–Crippen MR) is 175 cm³/mol. The molecule has 6 nitrogen and oxygen atoms in total. The molecule has 1 rings (SSSR count). The third-order valence-electron chi connectivity index (χ3n) is 7.49. The number of rotatable bonds is 31. The first-order valence-corrected chi connectivity index (χ1v) is 18.5. The first-order valence-electron chi connectivity index (χ1n) is 17.0. The van der Waals surface area contributed by atoms with Crippen molar-refractivity contribution < 1.29 is 28.0 Å². The Hall–Kier alpha value is -1.46. The molecule has 0 radical (unpaired) electrons. The van der Waals surface area contributed by atoms with Crippen molar-refractivity contribution in [1.82, 2.24) is 0 Å². The second-order valence-corrected chi connectivity index (χ2v) is 12.9. The number of allylic oxidation sites excluding steroid dienone is 2. The molecule has 242 valence electrons. The highest BCUT2D eigenvalue weighted by Crippen LogP contribution is 2.43. The van der Waals surface area contributed by atoms with Crippen molar-refractivity contribution in [1.29, 1.82) is 0 Å². The number of phosphoric acid groups is 1. The Morgan fingerprint density at radius 3 is 1.45 bits per heavy atom. The van der Waals surface area contributed by atoms with Crippen LogP contribution in [0.4, 0.5) is 0 Å². The zero-order chi connectivity index (χ0) is 30.4. The van der Waals surface area contributed by atoms with E-state index < -0.39 is 7.82 Å². The van der Waals surface area contributed by atoms with Crippen molar-refractivity contribution >= 4 is 14.1 Å². The second-order valence-electron chi connectivity index (χ2n) is 11.4. The molecule has 0 amide bonds. The summed E-state index contributed by atoms with van der Waals surface area (Å²) in [5.74, 6) is 0.805. The normalized spacial score (nSPS) is 13.0. The third kappa shape index (κ3) is 25.1. The first kappa shape index (κ1) is 38.6. The summed E-state index contributed by atoms with van der Waals surface area (Å²) in [5, 5.41) is 0. The lowest BCUT2D eigenvalue weighted by Crippen LogP contribution is -1.99. The Kier molecular flexibility index (Phi) is 26.0. The fourth-order valence-electron chi connectivity index (χ4n) is 4.84. The summed E-state index contributed by atoms with van der Waals surface area (Å²) in [6, 6.07) is 7.19.